The summed E-state index contributed by atoms with van der Waals surface area (Å²) in [4.78, 5) is 18.3. The van der Waals surface area contributed by atoms with Crippen molar-refractivity contribution in [2.75, 3.05) is 44.7 Å². The van der Waals surface area contributed by atoms with Crippen molar-refractivity contribution < 1.29 is 13.2 Å². The molecule has 4 rings (SSSR count). The number of nitrogens with zero attached hydrogens (tertiary/aromatic N) is 2. The van der Waals surface area contributed by atoms with Crippen molar-refractivity contribution in [1.82, 2.24) is 15.1 Å². The van der Waals surface area contributed by atoms with Gasteiger partial charge in [0.1, 0.15) is 0 Å². The molecule has 2 unspecified atom stereocenters. The first-order chi connectivity index (χ1) is 15.7. The van der Waals surface area contributed by atoms with E-state index in [9.17, 15) is 13.2 Å². The molecular weight excluding hydrogens is 436 g/mol. The van der Waals surface area contributed by atoms with Crippen molar-refractivity contribution in [2.24, 2.45) is 0 Å². The highest BCUT2D eigenvalue weighted by atomic mass is 32.2. The molecule has 1 saturated carbocycles. The molecular formula is C25H34N4O3S. The number of carbonyl (C=O) groups is 1. The van der Waals surface area contributed by atoms with Crippen LogP contribution in [-0.2, 0) is 20.2 Å². The number of rotatable bonds is 9. The van der Waals surface area contributed by atoms with Crippen molar-refractivity contribution >= 4 is 21.6 Å². The Morgan fingerprint density at radius 1 is 1.15 bits per heavy atom. The van der Waals surface area contributed by atoms with E-state index in [0.29, 0.717) is 11.7 Å². The molecule has 2 aliphatic rings. The zero-order chi connectivity index (χ0) is 23.6. The molecule has 33 heavy (non-hydrogen) atoms. The van der Waals surface area contributed by atoms with Crippen LogP contribution in [0, 0.1) is 0 Å². The molecule has 178 valence electrons. The lowest BCUT2D eigenvalue weighted by Crippen LogP contribution is -2.42. The molecule has 0 aromatic heterocycles. The fourth-order valence-electron chi connectivity index (χ4n) is 4.74. The van der Waals surface area contributed by atoms with E-state index >= 15 is 0 Å². The number of anilines is 1. The van der Waals surface area contributed by atoms with Crippen LogP contribution >= 0.6 is 0 Å². The number of nitrogens with one attached hydrogen (secondary N) is 2. The molecule has 1 heterocycles. The number of hydrogen-bond acceptors (Lipinski definition) is 5. The van der Waals surface area contributed by atoms with E-state index in [1.54, 1.807) is 18.2 Å². The molecule has 2 aromatic rings. The summed E-state index contributed by atoms with van der Waals surface area (Å²) in [6.45, 7) is 2.79. The highest BCUT2D eigenvalue weighted by molar-refractivity contribution is 7.92. The van der Waals surface area contributed by atoms with Gasteiger partial charge in [-0.3, -0.25) is 14.4 Å². The molecule has 7 nitrogen and oxygen atoms in total. The standard InChI is InChI=1S/C25H34N4O3S/c1-28(2)22-12-15-29(17-22)18-23(19-8-5-4-6-9-19)26-24(30)25(13-14-25)20-10-7-11-21(16-20)27-33(3,31)32/h4-11,16,22-23,27H,12-15,17-18H2,1-3H3,(H,26,30). The Kier molecular flexibility index (Phi) is 6.79. The first-order valence-electron chi connectivity index (χ1n) is 11.5. The van der Waals surface area contributed by atoms with Gasteiger partial charge in [-0.2, -0.15) is 0 Å². The van der Waals surface area contributed by atoms with Gasteiger partial charge < -0.3 is 10.2 Å². The summed E-state index contributed by atoms with van der Waals surface area (Å²) in [6, 6.07) is 17.8. The normalized spacial score (nSPS) is 21.0. The van der Waals surface area contributed by atoms with Crippen LogP contribution in [0.5, 0.6) is 0 Å². The number of likely N-dealkylation sites (N-methyl/N-ethyl adjacent to an activating group) is 1. The average Bonchev–Trinajstić information content (AvgIpc) is 3.45. The Bertz CT molecular complexity index is 1080. The van der Waals surface area contributed by atoms with Crippen molar-refractivity contribution in [3.05, 3.63) is 65.7 Å². The van der Waals surface area contributed by atoms with Gasteiger partial charge in [-0.1, -0.05) is 42.5 Å². The minimum Gasteiger partial charge on any atom is -0.347 e. The lowest BCUT2D eigenvalue weighted by atomic mass is 9.93. The molecule has 1 aliphatic heterocycles. The molecule has 2 fully saturated rings. The first kappa shape index (κ1) is 23.7. The van der Waals surface area contributed by atoms with Crippen molar-refractivity contribution in [2.45, 2.75) is 36.8 Å². The highest BCUT2D eigenvalue weighted by Gasteiger charge is 2.51. The van der Waals surface area contributed by atoms with E-state index in [4.69, 9.17) is 0 Å². The second kappa shape index (κ2) is 9.44. The maximum absolute atomic E-state index is 13.6. The summed E-state index contributed by atoms with van der Waals surface area (Å²) in [5.74, 6) is 0.0104. The SMILES string of the molecule is CN(C)C1CCN(CC(NC(=O)C2(c3cccc(NS(C)(=O)=O)c3)CC2)c2ccccc2)C1. The third-order valence-electron chi connectivity index (χ3n) is 6.83. The molecule has 1 aliphatic carbocycles. The van der Waals surface area contributed by atoms with E-state index < -0.39 is 15.4 Å². The van der Waals surface area contributed by atoms with Gasteiger partial charge in [0.25, 0.3) is 0 Å². The van der Waals surface area contributed by atoms with Crippen molar-refractivity contribution in [3.63, 3.8) is 0 Å². The predicted molar refractivity (Wildman–Crippen MR) is 132 cm³/mol. The summed E-state index contributed by atoms with van der Waals surface area (Å²) < 4.78 is 25.8. The van der Waals surface area contributed by atoms with Gasteiger partial charge in [0.05, 0.1) is 17.7 Å². The first-order valence-corrected chi connectivity index (χ1v) is 13.4. The van der Waals surface area contributed by atoms with Gasteiger partial charge >= 0.3 is 0 Å². The molecule has 8 heteroatoms. The van der Waals surface area contributed by atoms with Crippen LogP contribution in [-0.4, -0.2) is 70.2 Å². The number of carbonyl (C=O) groups excluding carboxylic acids is 1. The minimum absolute atomic E-state index is 0.0104. The van der Waals surface area contributed by atoms with Crippen LogP contribution in [0.2, 0.25) is 0 Å². The molecule has 2 aromatic carbocycles. The van der Waals surface area contributed by atoms with Crippen LogP contribution in [0.25, 0.3) is 0 Å². The summed E-state index contributed by atoms with van der Waals surface area (Å²) in [6.07, 6.45) is 3.78. The monoisotopic (exact) mass is 470 g/mol. The molecule has 1 saturated heterocycles. The van der Waals surface area contributed by atoms with Crippen molar-refractivity contribution in [1.29, 1.82) is 0 Å². The van der Waals surface area contributed by atoms with Gasteiger partial charge in [0.15, 0.2) is 0 Å². The zero-order valence-corrected chi connectivity index (χ0v) is 20.4. The molecule has 0 spiro atoms. The fourth-order valence-corrected chi connectivity index (χ4v) is 5.30. The van der Waals surface area contributed by atoms with Crippen LogP contribution in [0.4, 0.5) is 5.69 Å². The largest absolute Gasteiger partial charge is 0.347 e. The number of likely N-dealkylation sites (tertiary alicyclic amines) is 1. The third-order valence-corrected chi connectivity index (χ3v) is 7.44. The minimum atomic E-state index is -3.38. The lowest BCUT2D eigenvalue weighted by Gasteiger charge is -2.28. The van der Waals surface area contributed by atoms with Gasteiger partial charge in [0.2, 0.25) is 15.9 Å². The van der Waals surface area contributed by atoms with E-state index in [0.717, 1.165) is 56.3 Å². The predicted octanol–water partition coefficient (Wildman–Crippen LogP) is 2.58. The zero-order valence-electron chi connectivity index (χ0n) is 19.6. The number of amides is 1. The Morgan fingerprint density at radius 2 is 1.88 bits per heavy atom. The Hall–Kier alpha value is -2.42. The lowest BCUT2D eigenvalue weighted by molar-refractivity contribution is -0.124. The number of benzene rings is 2. The van der Waals surface area contributed by atoms with Crippen LogP contribution in [0.15, 0.2) is 54.6 Å². The summed E-state index contributed by atoms with van der Waals surface area (Å²) in [5, 5.41) is 3.34. The maximum atomic E-state index is 13.6. The number of hydrogen-bond donors (Lipinski definition) is 2. The van der Waals surface area contributed by atoms with Gasteiger partial charge in [0, 0.05) is 24.8 Å². The van der Waals surface area contributed by atoms with Gasteiger partial charge in [-0.05, 0) is 63.2 Å². The Labute approximate surface area is 197 Å². The van der Waals surface area contributed by atoms with Gasteiger partial charge in [-0.25, -0.2) is 8.42 Å². The van der Waals surface area contributed by atoms with E-state index in [1.807, 2.05) is 24.3 Å². The van der Waals surface area contributed by atoms with Crippen LogP contribution < -0.4 is 10.0 Å². The number of sulfonamides is 1. The van der Waals surface area contributed by atoms with E-state index in [1.165, 1.54) is 0 Å². The summed E-state index contributed by atoms with van der Waals surface area (Å²) in [5.41, 5.74) is 1.84. The Balaban J connectivity index is 1.52. The second-order valence-electron chi connectivity index (χ2n) is 9.64. The van der Waals surface area contributed by atoms with Crippen molar-refractivity contribution in [3.8, 4) is 0 Å². The summed E-state index contributed by atoms with van der Waals surface area (Å²) in [7, 11) is 0.861. The Morgan fingerprint density at radius 3 is 2.48 bits per heavy atom. The van der Waals surface area contributed by atoms with Crippen LogP contribution in [0.3, 0.4) is 0 Å². The average molecular weight is 471 g/mol. The third kappa shape index (κ3) is 5.75. The molecule has 2 N–H and O–H groups in total. The summed E-state index contributed by atoms with van der Waals surface area (Å²) >= 11 is 0. The van der Waals surface area contributed by atoms with E-state index in [-0.39, 0.29) is 11.9 Å². The second-order valence-corrected chi connectivity index (χ2v) is 11.4. The van der Waals surface area contributed by atoms with Gasteiger partial charge in [-0.15, -0.1) is 0 Å². The topological polar surface area (TPSA) is 81.8 Å². The molecule has 2 atom stereocenters. The fraction of sp³-hybridized carbons (Fsp3) is 0.480. The van der Waals surface area contributed by atoms with E-state index in [2.05, 4.69) is 46.1 Å². The molecule has 0 bridgehead atoms. The quantitative estimate of drug-likeness (QED) is 0.589. The molecule has 1 amide bonds. The van der Waals surface area contributed by atoms with Crippen LogP contribution in [0.1, 0.15) is 36.4 Å². The molecule has 0 radical (unpaired) electrons. The maximum Gasteiger partial charge on any atom is 0.231 e. The highest BCUT2D eigenvalue weighted by Crippen LogP contribution is 2.49. The smallest absolute Gasteiger partial charge is 0.231 e.